The van der Waals surface area contributed by atoms with E-state index in [0.717, 1.165) is 31.0 Å². The lowest BCUT2D eigenvalue weighted by molar-refractivity contribution is -0.123. The highest BCUT2D eigenvalue weighted by atomic mass is 32.2. The maximum atomic E-state index is 12.8. The number of unbranched alkanes of at least 4 members (excludes halogenated alkanes) is 1. The Hall–Kier alpha value is -3.27. The summed E-state index contributed by atoms with van der Waals surface area (Å²) < 4.78 is 27.5. The van der Waals surface area contributed by atoms with Crippen LogP contribution in [0.1, 0.15) is 78.9 Å². The smallest absolute Gasteiger partial charge is 0.354 e. The first kappa shape index (κ1) is 29.0. The molecule has 9 nitrogen and oxygen atoms in total. The molecule has 0 aliphatic rings. The highest BCUT2D eigenvalue weighted by molar-refractivity contribution is 7.90. The molecular weight excluding hydrogens is 482 g/mol. The number of carbonyl (C=O) groups is 3. The summed E-state index contributed by atoms with van der Waals surface area (Å²) in [6.45, 7) is 8.10. The van der Waals surface area contributed by atoms with E-state index < -0.39 is 21.9 Å². The van der Waals surface area contributed by atoms with Crippen LogP contribution in [0.15, 0.2) is 41.4 Å². The predicted molar refractivity (Wildman–Crippen MR) is 136 cm³/mol. The Balaban J connectivity index is 2.11. The second-order valence-corrected chi connectivity index (χ2v) is 10.9. The standard InChI is InChI=1S/C26H35N3O6S/c1-5-6-7-18(4)14-20-15-21(16-28-23(20)26(32)33)25(31)29-36(34,35)22-10-8-19(9-11-22)12-13-27-24(30)17(2)3/h8-11,15-18H,5-7,12-14H2,1-4H3,(H,27,30)(H,29,31)(H,32,33). The molecule has 0 saturated heterocycles. The summed E-state index contributed by atoms with van der Waals surface area (Å²) in [6.07, 6.45) is 4.95. The number of nitrogens with zero attached hydrogens (tertiary/aromatic N) is 1. The first-order valence-corrected chi connectivity index (χ1v) is 13.6. The Labute approximate surface area is 212 Å². The Morgan fingerprint density at radius 2 is 1.75 bits per heavy atom. The van der Waals surface area contributed by atoms with Crippen LogP contribution in [-0.4, -0.2) is 42.8 Å². The van der Waals surface area contributed by atoms with Crippen LogP contribution in [0.4, 0.5) is 0 Å². The Bertz CT molecular complexity index is 1180. The third kappa shape index (κ3) is 8.44. The summed E-state index contributed by atoms with van der Waals surface area (Å²) in [5, 5.41) is 12.3. The van der Waals surface area contributed by atoms with E-state index in [4.69, 9.17) is 0 Å². The van der Waals surface area contributed by atoms with Gasteiger partial charge >= 0.3 is 5.97 Å². The number of benzene rings is 1. The molecule has 3 N–H and O–H groups in total. The Kier molecular flexibility index (Phi) is 10.6. The van der Waals surface area contributed by atoms with E-state index in [2.05, 4.69) is 17.2 Å². The largest absolute Gasteiger partial charge is 0.477 e. The third-order valence-corrected chi connectivity index (χ3v) is 7.10. The number of carboxylic acid groups (broad SMARTS) is 1. The van der Waals surface area contributed by atoms with Crippen molar-refractivity contribution >= 4 is 27.8 Å². The molecule has 2 rings (SSSR count). The number of sulfonamides is 1. The van der Waals surface area contributed by atoms with E-state index in [1.165, 1.54) is 18.2 Å². The second kappa shape index (κ2) is 13.2. The van der Waals surface area contributed by atoms with Gasteiger partial charge in [0.2, 0.25) is 5.91 Å². The molecule has 196 valence electrons. The molecule has 1 unspecified atom stereocenters. The zero-order chi connectivity index (χ0) is 26.9. The van der Waals surface area contributed by atoms with Gasteiger partial charge < -0.3 is 10.4 Å². The molecule has 0 aliphatic carbocycles. The minimum Gasteiger partial charge on any atom is -0.477 e. The van der Waals surface area contributed by atoms with Crippen molar-refractivity contribution in [3.63, 3.8) is 0 Å². The molecule has 0 aliphatic heterocycles. The van der Waals surface area contributed by atoms with Gasteiger partial charge in [-0.25, -0.2) is 22.9 Å². The van der Waals surface area contributed by atoms with E-state index in [1.54, 1.807) is 26.0 Å². The van der Waals surface area contributed by atoms with Crippen LogP contribution in [0, 0.1) is 11.8 Å². The number of amides is 2. The molecule has 0 spiro atoms. The maximum Gasteiger partial charge on any atom is 0.354 e. The molecule has 2 aromatic rings. The fraction of sp³-hybridized carbons (Fsp3) is 0.462. The van der Waals surface area contributed by atoms with Gasteiger partial charge in [-0.05, 0) is 48.1 Å². The van der Waals surface area contributed by atoms with E-state index in [1.807, 2.05) is 11.6 Å². The van der Waals surface area contributed by atoms with Crippen molar-refractivity contribution in [2.45, 2.75) is 64.7 Å². The molecular formula is C26H35N3O6S. The lowest BCUT2D eigenvalue weighted by atomic mass is 9.94. The lowest BCUT2D eigenvalue weighted by Crippen LogP contribution is -2.31. The van der Waals surface area contributed by atoms with Gasteiger partial charge in [-0.3, -0.25) is 9.59 Å². The van der Waals surface area contributed by atoms with Gasteiger partial charge in [-0.15, -0.1) is 0 Å². The Morgan fingerprint density at radius 1 is 1.08 bits per heavy atom. The van der Waals surface area contributed by atoms with E-state index in [9.17, 15) is 27.9 Å². The molecule has 0 bridgehead atoms. The minimum atomic E-state index is -4.16. The van der Waals surface area contributed by atoms with Crippen LogP contribution >= 0.6 is 0 Å². The number of carbonyl (C=O) groups excluding carboxylic acids is 2. The fourth-order valence-corrected chi connectivity index (χ4v) is 4.60. The number of hydrogen-bond donors (Lipinski definition) is 3. The average Bonchev–Trinajstić information content (AvgIpc) is 2.82. The number of nitrogens with one attached hydrogen (secondary N) is 2. The van der Waals surface area contributed by atoms with Crippen LogP contribution < -0.4 is 10.0 Å². The zero-order valence-electron chi connectivity index (χ0n) is 21.2. The summed E-state index contributed by atoms with van der Waals surface area (Å²) in [7, 11) is -4.16. The number of hydrogen-bond acceptors (Lipinski definition) is 6. The zero-order valence-corrected chi connectivity index (χ0v) is 22.0. The second-order valence-electron chi connectivity index (χ2n) is 9.26. The number of pyridine rings is 1. The number of aromatic carboxylic acids is 1. The molecule has 2 amide bonds. The van der Waals surface area contributed by atoms with Crippen molar-refractivity contribution in [3.8, 4) is 0 Å². The molecule has 0 radical (unpaired) electrons. The van der Waals surface area contributed by atoms with E-state index in [-0.39, 0.29) is 33.9 Å². The van der Waals surface area contributed by atoms with Gasteiger partial charge in [0.15, 0.2) is 5.69 Å². The fourth-order valence-electron chi connectivity index (χ4n) is 3.62. The van der Waals surface area contributed by atoms with Crippen molar-refractivity contribution in [1.29, 1.82) is 0 Å². The SMILES string of the molecule is CCCCC(C)Cc1cc(C(=O)NS(=O)(=O)c2ccc(CCNC(=O)C(C)C)cc2)cnc1C(=O)O. The van der Waals surface area contributed by atoms with Crippen LogP contribution in [0.2, 0.25) is 0 Å². The van der Waals surface area contributed by atoms with Crippen LogP contribution in [0.25, 0.3) is 0 Å². The van der Waals surface area contributed by atoms with Gasteiger partial charge in [0.25, 0.3) is 15.9 Å². The van der Waals surface area contributed by atoms with Crippen LogP contribution in [0.5, 0.6) is 0 Å². The third-order valence-electron chi connectivity index (χ3n) is 5.75. The van der Waals surface area contributed by atoms with Crippen molar-refractivity contribution in [1.82, 2.24) is 15.0 Å². The predicted octanol–water partition coefficient (Wildman–Crippen LogP) is 3.58. The van der Waals surface area contributed by atoms with E-state index in [0.29, 0.717) is 24.9 Å². The first-order valence-electron chi connectivity index (χ1n) is 12.1. The lowest BCUT2D eigenvalue weighted by Gasteiger charge is -2.14. The monoisotopic (exact) mass is 517 g/mol. The first-order chi connectivity index (χ1) is 16.9. The highest BCUT2D eigenvalue weighted by Crippen LogP contribution is 2.19. The Morgan fingerprint density at radius 3 is 2.33 bits per heavy atom. The normalized spacial score (nSPS) is 12.2. The molecule has 10 heteroatoms. The van der Waals surface area contributed by atoms with Crippen LogP contribution in [-0.2, 0) is 27.7 Å². The van der Waals surface area contributed by atoms with Crippen LogP contribution in [0.3, 0.4) is 0 Å². The molecule has 0 saturated carbocycles. The molecule has 1 heterocycles. The quantitative estimate of drug-likeness (QED) is 0.368. The maximum absolute atomic E-state index is 12.8. The molecule has 1 aromatic carbocycles. The van der Waals surface area contributed by atoms with Gasteiger partial charge in [0.1, 0.15) is 0 Å². The van der Waals surface area contributed by atoms with Gasteiger partial charge in [0, 0.05) is 18.7 Å². The van der Waals surface area contributed by atoms with Crippen molar-refractivity contribution in [3.05, 3.63) is 58.9 Å². The topological polar surface area (TPSA) is 143 Å². The average molecular weight is 518 g/mol. The molecule has 36 heavy (non-hydrogen) atoms. The van der Waals surface area contributed by atoms with Gasteiger partial charge in [-0.1, -0.05) is 59.1 Å². The number of aromatic nitrogens is 1. The van der Waals surface area contributed by atoms with E-state index >= 15 is 0 Å². The van der Waals surface area contributed by atoms with Crippen molar-refractivity contribution in [2.75, 3.05) is 6.54 Å². The summed E-state index contributed by atoms with van der Waals surface area (Å²) >= 11 is 0. The van der Waals surface area contributed by atoms with Crippen molar-refractivity contribution in [2.24, 2.45) is 11.8 Å². The van der Waals surface area contributed by atoms with Crippen molar-refractivity contribution < 1.29 is 27.9 Å². The summed E-state index contributed by atoms with van der Waals surface area (Å²) in [4.78, 5) is 39.8. The number of carboxylic acids is 1. The van der Waals surface area contributed by atoms with Gasteiger partial charge in [0.05, 0.1) is 10.5 Å². The molecule has 1 atom stereocenters. The molecule has 0 fully saturated rings. The minimum absolute atomic E-state index is 0.0289. The number of rotatable bonds is 13. The molecule has 1 aromatic heterocycles. The summed E-state index contributed by atoms with van der Waals surface area (Å²) in [5.41, 5.74) is 1.06. The summed E-state index contributed by atoms with van der Waals surface area (Å²) in [6, 6.07) is 7.43. The van der Waals surface area contributed by atoms with Gasteiger partial charge in [-0.2, -0.15) is 0 Å². The summed E-state index contributed by atoms with van der Waals surface area (Å²) in [5.74, 6) is -2.07. The highest BCUT2D eigenvalue weighted by Gasteiger charge is 2.22.